The maximum absolute atomic E-state index is 13.6. The van der Waals surface area contributed by atoms with E-state index in [0.717, 1.165) is 11.1 Å². The van der Waals surface area contributed by atoms with Gasteiger partial charge in [-0.15, -0.1) is 0 Å². The molecule has 0 saturated carbocycles. The Morgan fingerprint density at radius 3 is 2.19 bits per heavy atom. The van der Waals surface area contributed by atoms with Crippen molar-refractivity contribution in [1.82, 2.24) is 15.1 Å². The molecule has 0 aromatic heterocycles. The second kappa shape index (κ2) is 6.93. The van der Waals surface area contributed by atoms with Gasteiger partial charge in [0.2, 0.25) is 0 Å². The van der Waals surface area contributed by atoms with E-state index in [1.807, 2.05) is 38.2 Å². The lowest BCUT2D eigenvalue weighted by Gasteiger charge is -2.43. The van der Waals surface area contributed by atoms with Crippen LogP contribution in [0.15, 0.2) is 24.3 Å². The Labute approximate surface area is 157 Å². The van der Waals surface area contributed by atoms with E-state index in [2.05, 4.69) is 39.9 Å². The van der Waals surface area contributed by atoms with Crippen LogP contribution in [0.5, 0.6) is 0 Å². The Balaban J connectivity index is 2.78. The number of urea groups is 1. The predicted molar refractivity (Wildman–Crippen MR) is 105 cm³/mol. The topological polar surface area (TPSA) is 52.7 Å². The number of likely N-dealkylation sites (N-methyl/N-ethyl adjacent to an activating group) is 1. The highest BCUT2D eigenvalue weighted by Crippen LogP contribution is 2.48. The fourth-order valence-corrected chi connectivity index (χ4v) is 4.25. The molecule has 1 aromatic carbocycles. The molecule has 1 aliphatic heterocycles. The van der Waals surface area contributed by atoms with Crippen molar-refractivity contribution in [1.29, 1.82) is 0 Å². The maximum atomic E-state index is 13.6. The quantitative estimate of drug-likeness (QED) is 0.894. The third-order valence-electron chi connectivity index (χ3n) is 5.14. The number of benzene rings is 1. The molecule has 1 fully saturated rings. The Hall–Kier alpha value is -2.04. The number of rotatable bonds is 3. The summed E-state index contributed by atoms with van der Waals surface area (Å²) in [5.74, 6) is 0.234. The SMILES string of the molecule is CNC(=O)N1C(C(C)(C)C)N(C)C(=O)C1(CC(C)C)c1ccc(C)cc1. The summed E-state index contributed by atoms with van der Waals surface area (Å²) in [6.45, 7) is 12.4. The molecule has 5 nitrogen and oxygen atoms in total. The van der Waals surface area contributed by atoms with Crippen LogP contribution in [-0.2, 0) is 10.3 Å². The van der Waals surface area contributed by atoms with Gasteiger partial charge in [0.25, 0.3) is 5.91 Å². The summed E-state index contributed by atoms with van der Waals surface area (Å²) in [6.07, 6.45) is 0.259. The minimum absolute atomic E-state index is 0.0152. The average Bonchev–Trinajstić information content (AvgIpc) is 2.76. The molecule has 3 amide bonds. The first-order valence-electron chi connectivity index (χ1n) is 9.32. The van der Waals surface area contributed by atoms with Gasteiger partial charge in [-0.25, -0.2) is 4.79 Å². The van der Waals surface area contributed by atoms with E-state index in [9.17, 15) is 9.59 Å². The minimum atomic E-state index is -0.991. The van der Waals surface area contributed by atoms with Gasteiger partial charge in [0, 0.05) is 19.5 Å². The van der Waals surface area contributed by atoms with E-state index in [1.54, 1.807) is 16.8 Å². The van der Waals surface area contributed by atoms with E-state index in [1.165, 1.54) is 0 Å². The lowest BCUT2D eigenvalue weighted by molar-refractivity contribution is -0.134. The minimum Gasteiger partial charge on any atom is -0.341 e. The largest absolute Gasteiger partial charge is 0.341 e. The molecule has 2 unspecified atom stereocenters. The van der Waals surface area contributed by atoms with Crippen LogP contribution >= 0.6 is 0 Å². The number of hydrogen-bond donors (Lipinski definition) is 1. The first kappa shape index (κ1) is 20.3. The molecular formula is C21H33N3O2. The molecule has 1 saturated heterocycles. The van der Waals surface area contributed by atoms with Crippen LogP contribution in [0.3, 0.4) is 0 Å². The molecule has 2 rings (SSSR count). The first-order valence-corrected chi connectivity index (χ1v) is 9.32. The third kappa shape index (κ3) is 3.19. The smallest absolute Gasteiger partial charge is 0.319 e. The summed E-state index contributed by atoms with van der Waals surface area (Å²) in [5.41, 5.74) is 0.741. The molecule has 0 radical (unpaired) electrons. The summed E-state index contributed by atoms with van der Waals surface area (Å²) in [6, 6.07) is 7.78. The van der Waals surface area contributed by atoms with E-state index in [0.29, 0.717) is 6.42 Å². The standard InChI is InChI=1S/C21H33N3O2/c1-14(2)13-21(16-11-9-15(3)10-12-16)18(25)23(8)17(20(4,5)6)24(21)19(26)22-7/h9-12,14,17H,13H2,1-8H3,(H,22,26). The van der Waals surface area contributed by atoms with Crippen molar-refractivity contribution in [3.8, 4) is 0 Å². The zero-order valence-corrected chi connectivity index (χ0v) is 17.4. The van der Waals surface area contributed by atoms with Gasteiger partial charge in [-0.3, -0.25) is 9.69 Å². The van der Waals surface area contributed by atoms with Crippen molar-refractivity contribution in [3.05, 3.63) is 35.4 Å². The van der Waals surface area contributed by atoms with Crippen LogP contribution < -0.4 is 5.32 Å². The first-order chi connectivity index (χ1) is 12.0. The Morgan fingerprint density at radius 1 is 1.23 bits per heavy atom. The number of aryl methyl sites for hydroxylation is 1. The Morgan fingerprint density at radius 2 is 1.77 bits per heavy atom. The lowest BCUT2D eigenvalue weighted by atomic mass is 9.80. The van der Waals surface area contributed by atoms with Gasteiger partial charge in [-0.1, -0.05) is 64.4 Å². The number of carbonyl (C=O) groups is 2. The van der Waals surface area contributed by atoms with Crippen LogP contribution in [0.2, 0.25) is 0 Å². The van der Waals surface area contributed by atoms with E-state index >= 15 is 0 Å². The van der Waals surface area contributed by atoms with Gasteiger partial charge < -0.3 is 10.2 Å². The lowest BCUT2D eigenvalue weighted by Crippen LogP contribution is -2.57. The Kier molecular flexibility index (Phi) is 5.41. The molecule has 26 heavy (non-hydrogen) atoms. The van der Waals surface area contributed by atoms with Crippen LogP contribution in [0, 0.1) is 18.3 Å². The van der Waals surface area contributed by atoms with Gasteiger partial charge in [0.05, 0.1) is 0 Å². The summed E-state index contributed by atoms with van der Waals surface area (Å²) in [4.78, 5) is 30.2. The van der Waals surface area contributed by atoms with Gasteiger partial charge in [-0.2, -0.15) is 0 Å². The van der Waals surface area contributed by atoms with Gasteiger partial charge in [-0.05, 0) is 24.8 Å². The monoisotopic (exact) mass is 359 g/mol. The number of nitrogens with zero attached hydrogens (tertiary/aromatic N) is 2. The van der Waals surface area contributed by atoms with Crippen molar-refractivity contribution >= 4 is 11.9 Å². The molecule has 0 aliphatic carbocycles. The van der Waals surface area contributed by atoms with E-state index < -0.39 is 5.54 Å². The zero-order chi connectivity index (χ0) is 19.9. The summed E-state index contributed by atoms with van der Waals surface area (Å²) >= 11 is 0. The third-order valence-corrected chi connectivity index (χ3v) is 5.14. The van der Waals surface area contributed by atoms with E-state index in [4.69, 9.17) is 0 Å². The highest BCUT2D eigenvalue weighted by molar-refractivity contribution is 5.95. The zero-order valence-electron chi connectivity index (χ0n) is 17.4. The summed E-state index contributed by atoms with van der Waals surface area (Å²) in [5, 5.41) is 2.77. The van der Waals surface area contributed by atoms with Crippen LogP contribution in [0.4, 0.5) is 4.79 Å². The highest BCUT2D eigenvalue weighted by Gasteiger charge is 2.61. The van der Waals surface area contributed by atoms with Crippen LogP contribution in [-0.4, -0.2) is 42.0 Å². The van der Waals surface area contributed by atoms with Crippen molar-refractivity contribution < 1.29 is 9.59 Å². The van der Waals surface area contributed by atoms with Crippen molar-refractivity contribution in [3.63, 3.8) is 0 Å². The number of nitrogens with one attached hydrogen (secondary N) is 1. The number of carbonyl (C=O) groups excluding carboxylic acids is 2. The highest BCUT2D eigenvalue weighted by atomic mass is 16.2. The van der Waals surface area contributed by atoms with Gasteiger partial charge in [0.1, 0.15) is 6.17 Å². The second-order valence-electron chi connectivity index (χ2n) is 8.91. The molecule has 5 heteroatoms. The maximum Gasteiger partial charge on any atom is 0.319 e. The number of hydrogen-bond acceptors (Lipinski definition) is 2. The molecule has 0 bridgehead atoms. The van der Waals surface area contributed by atoms with Crippen molar-refractivity contribution in [2.45, 2.75) is 59.7 Å². The van der Waals surface area contributed by atoms with Crippen LogP contribution in [0.25, 0.3) is 0 Å². The molecule has 1 N–H and O–H groups in total. The molecular weight excluding hydrogens is 326 g/mol. The normalized spacial score (nSPS) is 23.7. The number of amides is 3. The molecule has 1 aliphatic rings. The molecule has 2 atom stereocenters. The van der Waals surface area contributed by atoms with Gasteiger partial charge >= 0.3 is 6.03 Å². The molecule has 0 spiro atoms. The fourth-order valence-electron chi connectivity index (χ4n) is 4.25. The second-order valence-corrected chi connectivity index (χ2v) is 8.91. The van der Waals surface area contributed by atoms with Crippen molar-refractivity contribution in [2.24, 2.45) is 11.3 Å². The van der Waals surface area contributed by atoms with E-state index in [-0.39, 0.29) is 29.4 Å². The predicted octanol–water partition coefficient (Wildman–Crippen LogP) is 3.72. The average molecular weight is 360 g/mol. The molecule has 1 aromatic rings. The Bertz CT molecular complexity index is 675. The molecule has 144 valence electrons. The molecule has 1 heterocycles. The van der Waals surface area contributed by atoms with Crippen LogP contribution in [0.1, 0.15) is 52.2 Å². The summed E-state index contributed by atoms with van der Waals surface area (Å²) in [7, 11) is 3.44. The fraction of sp³-hybridized carbons (Fsp3) is 0.619. The van der Waals surface area contributed by atoms with Gasteiger partial charge in [0.15, 0.2) is 5.54 Å². The van der Waals surface area contributed by atoms with Crippen molar-refractivity contribution in [2.75, 3.05) is 14.1 Å². The summed E-state index contributed by atoms with van der Waals surface area (Å²) < 4.78 is 0.